The van der Waals surface area contributed by atoms with Gasteiger partial charge in [0.15, 0.2) is 17.3 Å². The summed E-state index contributed by atoms with van der Waals surface area (Å²) in [5.74, 6) is -0.818. The van der Waals surface area contributed by atoms with E-state index in [2.05, 4.69) is 0 Å². The van der Waals surface area contributed by atoms with E-state index in [0.717, 1.165) is 23.4 Å². The molecule has 25 heavy (non-hydrogen) atoms. The number of nitrogens with zero attached hydrogens (tertiary/aromatic N) is 1. The molecule has 0 aliphatic carbocycles. The molecule has 4 nitrogen and oxygen atoms in total. The van der Waals surface area contributed by atoms with Crippen LogP contribution in [0.3, 0.4) is 0 Å². The molecule has 0 saturated heterocycles. The van der Waals surface area contributed by atoms with Crippen LogP contribution < -0.4 is 4.74 Å². The van der Waals surface area contributed by atoms with Crippen molar-refractivity contribution in [1.82, 2.24) is 0 Å². The normalized spacial score (nSPS) is 11.6. The Morgan fingerprint density at radius 3 is 2.64 bits per heavy atom. The minimum absolute atomic E-state index is 0.0705. The van der Waals surface area contributed by atoms with Crippen LogP contribution in [0.2, 0.25) is 0 Å². The maximum Gasteiger partial charge on any atom is 0.177 e. The quantitative estimate of drug-likeness (QED) is 0.387. The predicted molar refractivity (Wildman–Crippen MR) is 95.2 cm³/mol. The monoisotopic (exact) mass is 359 g/mol. The maximum atomic E-state index is 14.1. The summed E-state index contributed by atoms with van der Waals surface area (Å²) < 4.78 is 24.2. The van der Waals surface area contributed by atoms with Crippen molar-refractivity contribution in [3.05, 3.63) is 65.5 Å². The van der Waals surface area contributed by atoms with Crippen LogP contribution in [-0.4, -0.2) is 31.4 Å². The molecule has 2 rings (SSSR count). The summed E-state index contributed by atoms with van der Waals surface area (Å²) in [5, 5.41) is 10.4. The molecule has 130 valence electrons. The number of thioether (sulfide) groups is 1. The molecule has 1 unspecified atom stereocenters. The summed E-state index contributed by atoms with van der Waals surface area (Å²) in [5.41, 5.74) is 1.17. The third-order valence-corrected chi connectivity index (χ3v) is 4.28. The van der Waals surface area contributed by atoms with Crippen molar-refractivity contribution in [3.8, 4) is 11.2 Å². The lowest BCUT2D eigenvalue weighted by Gasteiger charge is -2.13. The molecule has 0 spiro atoms. The minimum atomic E-state index is -0.609. The predicted octanol–water partition coefficient (Wildman–Crippen LogP) is 3.86. The number of halogens is 1. The summed E-state index contributed by atoms with van der Waals surface area (Å²) >= 11 is 0.887. The van der Waals surface area contributed by atoms with E-state index in [1.54, 1.807) is 0 Å². The average molecular weight is 359 g/mol. The molecule has 0 aliphatic rings. The zero-order valence-electron chi connectivity index (χ0n) is 13.8. The van der Waals surface area contributed by atoms with Gasteiger partial charge in [-0.2, -0.15) is 5.26 Å². The van der Waals surface area contributed by atoms with Crippen LogP contribution in [0.25, 0.3) is 0 Å². The number of ether oxygens (including phenoxy) is 2. The SMILES string of the molecule is COCCOc1ccc(C(=O)C(Cc2ccccc2)SC#N)cc1F. The zero-order valence-corrected chi connectivity index (χ0v) is 14.6. The van der Waals surface area contributed by atoms with Gasteiger partial charge < -0.3 is 9.47 Å². The highest BCUT2D eigenvalue weighted by atomic mass is 32.2. The topological polar surface area (TPSA) is 59.3 Å². The van der Waals surface area contributed by atoms with Crippen molar-refractivity contribution in [1.29, 1.82) is 5.26 Å². The van der Waals surface area contributed by atoms with E-state index in [0.29, 0.717) is 13.0 Å². The third-order valence-electron chi connectivity index (χ3n) is 3.51. The van der Waals surface area contributed by atoms with E-state index in [9.17, 15) is 9.18 Å². The molecule has 0 aromatic heterocycles. The first-order chi connectivity index (χ1) is 12.2. The Kier molecular flexibility index (Phi) is 7.45. The number of Topliss-reactive ketones (excluding diaryl/α,β-unsaturated/α-hetero) is 1. The van der Waals surface area contributed by atoms with Crippen LogP contribution in [0.5, 0.6) is 5.75 Å². The lowest BCUT2D eigenvalue weighted by molar-refractivity contribution is 0.0988. The average Bonchev–Trinajstić information content (AvgIpc) is 2.63. The van der Waals surface area contributed by atoms with Gasteiger partial charge in [-0.3, -0.25) is 4.79 Å². The van der Waals surface area contributed by atoms with Crippen molar-refractivity contribution < 1.29 is 18.7 Å². The fourth-order valence-corrected chi connectivity index (χ4v) is 2.92. The molecule has 6 heteroatoms. The maximum absolute atomic E-state index is 14.1. The van der Waals surface area contributed by atoms with Gasteiger partial charge in [-0.1, -0.05) is 30.3 Å². The molecule has 0 bridgehead atoms. The Morgan fingerprint density at radius 1 is 1.24 bits per heavy atom. The number of thiocyanates is 1. The van der Waals surface area contributed by atoms with Gasteiger partial charge in [-0.15, -0.1) is 0 Å². The number of benzene rings is 2. The minimum Gasteiger partial charge on any atom is -0.488 e. The molecule has 2 aromatic carbocycles. The van der Waals surface area contributed by atoms with E-state index in [1.807, 2.05) is 35.7 Å². The fraction of sp³-hybridized carbons (Fsp3) is 0.263. The lowest BCUT2D eigenvalue weighted by atomic mass is 10.0. The largest absolute Gasteiger partial charge is 0.488 e. The second-order valence-corrected chi connectivity index (χ2v) is 6.23. The van der Waals surface area contributed by atoms with Crippen molar-refractivity contribution >= 4 is 17.5 Å². The Hall–Kier alpha value is -2.36. The molecule has 0 fully saturated rings. The van der Waals surface area contributed by atoms with Gasteiger partial charge in [0, 0.05) is 12.7 Å². The summed E-state index contributed by atoms with van der Waals surface area (Å²) in [6, 6.07) is 13.5. The lowest BCUT2D eigenvalue weighted by Crippen LogP contribution is -2.20. The second kappa shape index (κ2) is 9.82. The second-order valence-electron chi connectivity index (χ2n) is 5.24. The number of hydrogen-bond donors (Lipinski definition) is 0. The fourth-order valence-electron chi connectivity index (χ4n) is 2.27. The molecule has 0 aliphatic heterocycles. The van der Waals surface area contributed by atoms with Gasteiger partial charge in [0.1, 0.15) is 12.0 Å². The van der Waals surface area contributed by atoms with Gasteiger partial charge in [-0.25, -0.2) is 4.39 Å². The highest BCUT2D eigenvalue weighted by Crippen LogP contribution is 2.24. The summed E-state index contributed by atoms with van der Waals surface area (Å²) in [6.45, 7) is 0.569. The first-order valence-electron chi connectivity index (χ1n) is 7.70. The molecule has 0 heterocycles. The van der Waals surface area contributed by atoms with Gasteiger partial charge in [-0.05, 0) is 41.9 Å². The molecule has 0 N–H and O–H groups in total. The van der Waals surface area contributed by atoms with E-state index in [1.165, 1.54) is 19.2 Å². The number of carbonyl (C=O) groups is 1. The Labute approximate surface area is 150 Å². The Morgan fingerprint density at radius 2 is 2.00 bits per heavy atom. The van der Waals surface area contributed by atoms with Crippen LogP contribution in [0.15, 0.2) is 48.5 Å². The molecule has 0 saturated carbocycles. The first-order valence-corrected chi connectivity index (χ1v) is 8.58. The van der Waals surface area contributed by atoms with Crippen LogP contribution in [0.1, 0.15) is 15.9 Å². The highest BCUT2D eigenvalue weighted by molar-refractivity contribution is 8.05. The van der Waals surface area contributed by atoms with Gasteiger partial charge >= 0.3 is 0 Å². The molecular weight excluding hydrogens is 341 g/mol. The molecule has 0 radical (unpaired) electrons. The number of rotatable bonds is 9. The number of methoxy groups -OCH3 is 1. The van der Waals surface area contributed by atoms with E-state index < -0.39 is 11.1 Å². The van der Waals surface area contributed by atoms with Gasteiger partial charge in [0.25, 0.3) is 0 Å². The van der Waals surface area contributed by atoms with Gasteiger partial charge in [0.05, 0.1) is 11.9 Å². The van der Waals surface area contributed by atoms with Crippen molar-refractivity contribution in [3.63, 3.8) is 0 Å². The van der Waals surface area contributed by atoms with Crippen molar-refractivity contribution in [2.45, 2.75) is 11.7 Å². The van der Waals surface area contributed by atoms with Crippen LogP contribution in [-0.2, 0) is 11.2 Å². The standard InChI is InChI=1S/C19H18FNO3S/c1-23-9-10-24-17-8-7-15(12-16(17)20)19(22)18(25-13-21)11-14-5-3-2-4-6-14/h2-8,12,18H,9-11H2,1H3. The molecule has 0 amide bonds. The Balaban J connectivity index is 2.13. The van der Waals surface area contributed by atoms with Crippen molar-refractivity contribution in [2.24, 2.45) is 0 Å². The molecular formula is C19H18FNO3S. The van der Waals surface area contributed by atoms with Crippen LogP contribution >= 0.6 is 11.8 Å². The van der Waals surface area contributed by atoms with E-state index in [4.69, 9.17) is 14.7 Å². The highest BCUT2D eigenvalue weighted by Gasteiger charge is 2.22. The Bertz CT molecular complexity index is 746. The third kappa shape index (κ3) is 5.59. The van der Waals surface area contributed by atoms with Gasteiger partial charge in [0.2, 0.25) is 0 Å². The number of ketones is 1. The summed E-state index contributed by atoms with van der Waals surface area (Å²) in [4.78, 5) is 12.7. The number of hydrogen-bond acceptors (Lipinski definition) is 5. The van der Waals surface area contributed by atoms with Crippen LogP contribution in [0.4, 0.5) is 4.39 Å². The number of carbonyl (C=O) groups excluding carboxylic acids is 1. The van der Waals surface area contributed by atoms with E-state index >= 15 is 0 Å². The number of nitriles is 1. The summed E-state index contributed by atoms with van der Waals surface area (Å²) in [7, 11) is 1.53. The smallest absolute Gasteiger partial charge is 0.177 e. The molecule has 2 aromatic rings. The zero-order chi connectivity index (χ0) is 18.1. The first kappa shape index (κ1) is 19.0. The van der Waals surface area contributed by atoms with E-state index in [-0.39, 0.29) is 23.7 Å². The molecule has 1 atom stereocenters. The summed E-state index contributed by atoms with van der Waals surface area (Å²) in [6.07, 6.45) is 0.408. The van der Waals surface area contributed by atoms with Crippen LogP contribution in [0, 0.1) is 16.5 Å². The van der Waals surface area contributed by atoms with Crippen molar-refractivity contribution in [2.75, 3.05) is 20.3 Å².